The van der Waals surface area contributed by atoms with Gasteiger partial charge < -0.3 is 10.4 Å². The van der Waals surface area contributed by atoms with Gasteiger partial charge in [-0.2, -0.15) is 0 Å². The standard InChI is InChI=1S/C15H21FN2O2/c1-11-5-6-12(16)9-14(11)17-15(20)10-18(7-8-19)13-3-2-4-13/h5-6,9,13,19H,2-4,7-8,10H2,1H3,(H,17,20). The quantitative estimate of drug-likeness (QED) is 0.837. The predicted molar refractivity (Wildman–Crippen MR) is 76.1 cm³/mol. The third-order valence-corrected chi connectivity index (χ3v) is 3.80. The molecule has 0 heterocycles. The van der Waals surface area contributed by atoms with Crippen LogP contribution >= 0.6 is 0 Å². The molecule has 1 aromatic rings. The van der Waals surface area contributed by atoms with Crippen LogP contribution in [0.3, 0.4) is 0 Å². The van der Waals surface area contributed by atoms with Crippen LogP contribution < -0.4 is 5.32 Å². The molecule has 2 N–H and O–H groups in total. The first-order valence-electron chi connectivity index (χ1n) is 7.01. The molecule has 4 nitrogen and oxygen atoms in total. The second kappa shape index (κ2) is 6.81. The summed E-state index contributed by atoms with van der Waals surface area (Å²) in [5, 5.41) is 11.8. The number of nitrogens with one attached hydrogen (secondary N) is 1. The van der Waals surface area contributed by atoms with Gasteiger partial charge in [0.15, 0.2) is 0 Å². The predicted octanol–water partition coefficient (Wildman–Crippen LogP) is 1.92. The van der Waals surface area contributed by atoms with Gasteiger partial charge in [-0.15, -0.1) is 0 Å². The average molecular weight is 280 g/mol. The summed E-state index contributed by atoms with van der Waals surface area (Å²) in [6, 6.07) is 4.73. The van der Waals surface area contributed by atoms with E-state index >= 15 is 0 Å². The van der Waals surface area contributed by atoms with Gasteiger partial charge in [0, 0.05) is 18.3 Å². The van der Waals surface area contributed by atoms with Gasteiger partial charge in [0.1, 0.15) is 5.82 Å². The third kappa shape index (κ3) is 3.77. The Morgan fingerprint density at radius 3 is 2.85 bits per heavy atom. The van der Waals surface area contributed by atoms with E-state index < -0.39 is 0 Å². The molecule has 0 atom stereocenters. The van der Waals surface area contributed by atoms with Gasteiger partial charge in [-0.05, 0) is 37.5 Å². The molecule has 5 heteroatoms. The Morgan fingerprint density at radius 2 is 2.25 bits per heavy atom. The van der Waals surface area contributed by atoms with Crippen LogP contribution in [0.2, 0.25) is 0 Å². The molecular formula is C15H21FN2O2. The molecule has 0 aliphatic heterocycles. The van der Waals surface area contributed by atoms with Gasteiger partial charge in [-0.1, -0.05) is 12.5 Å². The fraction of sp³-hybridized carbons (Fsp3) is 0.533. The van der Waals surface area contributed by atoms with Crippen molar-refractivity contribution in [2.24, 2.45) is 0 Å². The Hall–Kier alpha value is -1.46. The van der Waals surface area contributed by atoms with E-state index in [1.807, 2.05) is 11.8 Å². The fourth-order valence-electron chi connectivity index (χ4n) is 2.37. The topological polar surface area (TPSA) is 52.6 Å². The summed E-state index contributed by atoms with van der Waals surface area (Å²) in [5.74, 6) is -0.531. The van der Waals surface area contributed by atoms with E-state index in [4.69, 9.17) is 5.11 Å². The smallest absolute Gasteiger partial charge is 0.238 e. The number of carbonyl (C=O) groups is 1. The molecule has 0 bridgehead atoms. The molecule has 1 aliphatic carbocycles. The minimum Gasteiger partial charge on any atom is -0.395 e. The Morgan fingerprint density at radius 1 is 1.50 bits per heavy atom. The fourth-order valence-corrected chi connectivity index (χ4v) is 2.37. The number of nitrogens with zero attached hydrogens (tertiary/aromatic N) is 1. The van der Waals surface area contributed by atoms with Crippen molar-refractivity contribution in [3.05, 3.63) is 29.6 Å². The van der Waals surface area contributed by atoms with E-state index in [9.17, 15) is 9.18 Å². The van der Waals surface area contributed by atoms with Crippen molar-refractivity contribution in [2.75, 3.05) is 25.0 Å². The summed E-state index contributed by atoms with van der Waals surface area (Å²) >= 11 is 0. The molecule has 2 rings (SSSR count). The Kier molecular flexibility index (Phi) is 5.09. The molecule has 0 unspecified atom stereocenters. The first-order valence-corrected chi connectivity index (χ1v) is 7.01. The SMILES string of the molecule is Cc1ccc(F)cc1NC(=O)CN(CCO)C1CCC1. The van der Waals surface area contributed by atoms with Crippen LogP contribution in [0.25, 0.3) is 0 Å². The van der Waals surface area contributed by atoms with Gasteiger partial charge in [-0.3, -0.25) is 9.69 Å². The monoisotopic (exact) mass is 280 g/mol. The van der Waals surface area contributed by atoms with E-state index in [0.717, 1.165) is 18.4 Å². The maximum atomic E-state index is 13.2. The van der Waals surface area contributed by atoms with Crippen molar-refractivity contribution in [1.29, 1.82) is 0 Å². The molecule has 1 saturated carbocycles. The van der Waals surface area contributed by atoms with Crippen LogP contribution in [0.4, 0.5) is 10.1 Å². The van der Waals surface area contributed by atoms with Crippen molar-refractivity contribution in [3.8, 4) is 0 Å². The van der Waals surface area contributed by atoms with Gasteiger partial charge in [0.25, 0.3) is 0 Å². The lowest BCUT2D eigenvalue weighted by atomic mass is 9.91. The van der Waals surface area contributed by atoms with Gasteiger partial charge >= 0.3 is 0 Å². The molecule has 110 valence electrons. The number of rotatable bonds is 6. The van der Waals surface area contributed by atoms with Crippen LogP contribution in [0.15, 0.2) is 18.2 Å². The largest absolute Gasteiger partial charge is 0.395 e. The highest BCUT2D eigenvalue weighted by Gasteiger charge is 2.26. The molecule has 1 aromatic carbocycles. The normalized spacial score (nSPS) is 15.2. The highest BCUT2D eigenvalue weighted by atomic mass is 19.1. The molecule has 0 radical (unpaired) electrons. The highest BCUT2D eigenvalue weighted by Crippen LogP contribution is 2.24. The van der Waals surface area contributed by atoms with Crippen molar-refractivity contribution >= 4 is 11.6 Å². The minimum atomic E-state index is -0.364. The van der Waals surface area contributed by atoms with Crippen LogP contribution in [0, 0.1) is 12.7 Å². The number of hydrogen-bond donors (Lipinski definition) is 2. The van der Waals surface area contributed by atoms with E-state index in [0.29, 0.717) is 18.3 Å². The summed E-state index contributed by atoms with van der Waals surface area (Å²) in [4.78, 5) is 14.0. The second-order valence-corrected chi connectivity index (χ2v) is 5.29. The molecular weight excluding hydrogens is 259 g/mol. The third-order valence-electron chi connectivity index (χ3n) is 3.80. The van der Waals surface area contributed by atoms with Crippen LogP contribution in [-0.4, -0.2) is 41.7 Å². The lowest BCUT2D eigenvalue weighted by molar-refractivity contribution is -0.118. The number of aryl methyl sites for hydroxylation is 1. The first kappa shape index (κ1) is 14.9. The van der Waals surface area contributed by atoms with Gasteiger partial charge in [0.2, 0.25) is 5.91 Å². The number of aliphatic hydroxyl groups excluding tert-OH is 1. The summed E-state index contributed by atoms with van der Waals surface area (Å²) in [5.41, 5.74) is 1.34. The Bertz CT molecular complexity index is 475. The van der Waals surface area contributed by atoms with E-state index in [1.54, 1.807) is 6.07 Å². The molecule has 0 aromatic heterocycles. The van der Waals surface area contributed by atoms with Crippen molar-refractivity contribution in [3.63, 3.8) is 0 Å². The van der Waals surface area contributed by atoms with Crippen molar-refractivity contribution in [2.45, 2.75) is 32.2 Å². The van der Waals surface area contributed by atoms with E-state index in [2.05, 4.69) is 5.32 Å². The first-order chi connectivity index (χ1) is 9.60. The number of anilines is 1. The number of carbonyl (C=O) groups excluding carboxylic acids is 1. The molecule has 1 amide bonds. The lowest BCUT2D eigenvalue weighted by Gasteiger charge is -2.36. The number of halogens is 1. The Balaban J connectivity index is 1.94. The number of hydrogen-bond acceptors (Lipinski definition) is 3. The maximum absolute atomic E-state index is 13.2. The van der Waals surface area contributed by atoms with E-state index in [-0.39, 0.29) is 24.9 Å². The van der Waals surface area contributed by atoms with Crippen LogP contribution in [0.1, 0.15) is 24.8 Å². The van der Waals surface area contributed by atoms with Crippen LogP contribution in [0.5, 0.6) is 0 Å². The minimum absolute atomic E-state index is 0.0444. The summed E-state index contributed by atoms with van der Waals surface area (Å²) < 4.78 is 13.2. The van der Waals surface area contributed by atoms with E-state index in [1.165, 1.54) is 18.6 Å². The molecule has 1 aliphatic rings. The van der Waals surface area contributed by atoms with Crippen LogP contribution in [-0.2, 0) is 4.79 Å². The van der Waals surface area contributed by atoms with Crippen molar-refractivity contribution in [1.82, 2.24) is 4.90 Å². The van der Waals surface area contributed by atoms with Gasteiger partial charge in [0.05, 0.1) is 13.2 Å². The summed E-state index contributed by atoms with van der Waals surface area (Å²) in [6.07, 6.45) is 3.33. The molecule has 0 spiro atoms. The molecule has 1 fully saturated rings. The van der Waals surface area contributed by atoms with Crippen molar-refractivity contribution < 1.29 is 14.3 Å². The highest BCUT2D eigenvalue weighted by molar-refractivity contribution is 5.93. The average Bonchev–Trinajstić information content (AvgIpc) is 2.32. The molecule has 0 saturated heterocycles. The zero-order chi connectivity index (χ0) is 14.5. The summed E-state index contributed by atoms with van der Waals surface area (Å²) in [6.45, 7) is 2.61. The zero-order valence-electron chi connectivity index (χ0n) is 11.7. The lowest BCUT2D eigenvalue weighted by Crippen LogP contribution is -2.45. The van der Waals surface area contributed by atoms with Gasteiger partial charge in [-0.25, -0.2) is 4.39 Å². The Labute approximate surface area is 118 Å². The number of benzene rings is 1. The number of aliphatic hydroxyl groups is 1. The maximum Gasteiger partial charge on any atom is 0.238 e. The summed E-state index contributed by atoms with van der Waals surface area (Å²) in [7, 11) is 0. The number of amides is 1. The second-order valence-electron chi connectivity index (χ2n) is 5.29. The molecule has 20 heavy (non-hydrogen) atoms. The zero-order valence-corrected chi connectivity index (χ0v) is 11.7.